The van der Waals surface area contributed by atoms with E-state index in [-0.39, 0.29) is 5.91 Å². The van der Waals surface area contributed by atoms with Crippen LogP contribution in [0.25, 0.3) is 11.1 Å². The zero-order valence-electron chi connectivity index (χ0n) is 23.2. The van der Waals surface area contributed by atoms with Crippen LogP contribution in [0.5, 0.6) is 5.75 Å². The number of carbonyl (C=O) groups is 3. The third-order valence-corrected chi connectivity index (χ3v) is 5.30. The molecule has 0 saturated heterocycles. The number of amides is 1. The second kappa shape index (κ2) is 16.7. The van der Waals surface area contributed by atoms with Gasteiger partial charge in [-0.25, -0.2) is 9.59 Å². The first-order valence-electron chi connectivity index (χ1n) is 12.2. The first-order valence-corrected chi connectivity index (χ1v) is 12.2. The molecule has 3 N–H and O–H groups in total. The Bertz CT molecular complexity index is 1270. The monoisotopic (exact) mass is 620 g/mol. The Kier molecular flexibility index (Phi) is 14.2. The van der Waals surface area contributed by atoms with Crippen molar-refractivity contribution < 1.29 is 55.7 Å². The molecule has 1 heterocycles. The van der Waals surface area contributed by atoms with Crippen LogP contribution in [-0.2, 0) is 27.3 Å². The Hall–Kier alpha value is -4.60. The number of carboxylic acids is 2. The van der Waals surface area contributed by atoms with E-state index in [0.29, 0.717) is 19.5 Å². The highest BCUT2D eigenvalue weighted by Gasteiger charge is 2.38. The van der Waals surface area contributed by atoms with Gasteiger partial charge in [0.2, 0.25) is 5.91 Å². The second-order valence-electron chi connectivity index (χ2n) is 8.94. The molecule has 43 heavy (non-hydrogen) atoms. The molecule has 2 aromatic carbocycles. The third-order valence-electron chi connectivity index (χ3n) is 5.30. The van der Waals surface area contributed by atoms with Gasteiger partial charge in [0, 0.05) is 31.4 Å². The van der Waals surface area contributed by atoms with Gasteiger partial charge in [0.25, 0.3) is 0 Å². The summed E-state index contributed by atoms with van der Waals surface area (Å²) in [4.78, 5) is 34.9. The fraction of sp³-hybridized carbons (Fsp3) is 0.333. The van der Waals surface area contributed by atoms with Crippen molar-refractivity contribution in [2.45, 2.75) is 25.3 Å². The molecule has 0 radical (unpaired) electrons. The molecule has 16 heteroatoms. The average Bonchev–Trinajstić information content (AvgIpc) is 3.46. The van der Waals surface area contributed by atoms with Gasteiger partial charge in [0.05, 0.1) is 19.7 Å². The Morgan fingerprint density at radius 3 is 1.86 bits per heavy atom. The molecule has 0 aliphatic rings. The molecule has 3 rings (SSSR count). The molecule has 0 aliphatic heterocycles. The van der Waals surface area contributed by atoms with Crippen LogP contribution in [0.1, 0.15) is 11.1 Å². The van der Waals surface area contributed by atoms with E-state index < -0.39 is 24.3 Å². The Balaban J connectivity index is 0.000000548. The zero-order chi connectivity index (χ0) is 32.8. The maximum absolute atomic E-state index is 13.1. The minimum Gasteiger partial charge on any atom is -0.497 e. The van der Waals surface area contributed by atoms with Gasteiger partial charge in [0.15, 0.2) is 0 Å². The van der Waals surface area contributed by atoms with Crippen LogP contribution in [0, 0.1) is 0 Å². The highest BCUT2D eigenvalue weighted by atomic mass is 19.4. The zero-order valence-corrected chi connectivity index (χ0v) is 23.2. The average molecular weight is 621 g/mol. The normalized spacial score (nSPS) is 11.0. The Morgan fingerprint density at radius 1 is 0.860 bits per heavy atom. The van der Waals surface area contributed by atoms with Crippen LogP contribution in [0.2, 0.25) is 0 Å². The minimum atomic E-state index is -5.08. The van der Waals surface area contributed by atoms with Crippen molar-refractivity contribution >= 4 is 17.8 Å². The fourth-order valence-electron chi connectivity index (χ4n) is 3.11. The summed E-state index contributed by atoms with van der Waals surface area (Å²) in [5.74, 6) is -4.59. The van der Waals surface area contributed by atoms with Gasteiger partial charge in [-0.05, 0) is 42.9 Å². The molecule has 3 aromatic rings. The molecule has 0 unspecified atom stereocenters. The maximum Gasteiger partial charge on any atom is 0.490 e. The number of alkyl halides is 6. The van der Waals surface area contributed by atoms with Gasteiger partial charge in [-0.2, -0.15) is 31.4 Å². The number of likely N-dealkylation sites (N-methyl/N-ethyl adjacent to an activating group) is 1. The lowest BCUT2D eigenvalue weighted by Gasteiger charge is -2.25. The van der Waals surface area contributed by atoms with E-state index in [0.717, 1.165) is 34.5 Å². The highest BCUT2D eigenvalue weighted by molar-refractivity contribution is 5.79. The quantitative estimate of drug-likeness (QED) is 0.298. The Morgan fingerprint density at radius 2 is 1.42 bits per heavy atom. The van der Waals surface area contributed by atoms with Crippen LogP contribution in [-0.4, -0.2) is 94.7 Å². The van der Waals surface area contributed by atoms with Crippen LogP contribution >= 0.6 is 0 Å². The van der Waals surface area contributed by atoms with Crippen molar-refractivity contribution in [2.24, 2.45) is 0 Å². The largest absolute Gasteiger partial charge is 0.497 e. The molecule has 0 aliphatic carbocycles. The summed E-state index contributed by atoms with van der Waals surface area (Å²) in [5, 5.41) is 21.1. The second-order valence-corrected chi connectivity index (χ2v) is 8.94. The van der Waals surface area contributed by atoms with Gasteiger partial charge < -0.3 is 24.7 Å². The SMILES string of the molecule is COc1cccc(CN(CCN(C)C)C(=O)Cc2ccc(-c3cn[nH]c3)cc2)c1.O=C(O)C(F)(F)F.O=C(O)C(F)(F)F. The van der Waals surface area contributed by atoms with Crippen molar-refractivity contribution in [3.8, 4) is 16.9 Å². The number of benzene rings is 2. The van der Waals surface area contributed by atoms with Gasteiger partial charge in [-0.3, -0.25) is 9.89 Å². The smallest absolute Gasteiger partial charge is 0.490 e. The van der Waals surface area contributed by atoms with Gasteiger partial charge in [-0.15, -0.1) is 0 Å². The van der Waals surface area contributed by atoms with E-state index in [1.165, 1.54) is 0 Å². The number of halogens is 6. The molecule has 10 nitrogen and oxygen atoms in total. The topological polar surface area (TPSA) is 136 Å². The van der Waals surface area contributed by atoms with Crippen molar-refractivity contribution in [3.05, 3.63) is 72.1 Å². The summed E-state index contributed by atoms with van der Waals surface area (Å²) in [6.45, 7) is 2.06. The van der Waals surface area contributed by atoms with Crippen molar-refractivity contribution in [1.29, 1.82) is 0 Å². The van der Waals surface area contributed by atoms with Crippen molar-refractivity contribution in [1.82, 2.24) is 20.0 Å². The fourth-order valence-corrected chi connectivity index (χ4v) is 3.11. The maximum atomic E-state index is 13.1. The lowest BCUT2D eigenvalue weighted by Crippen LogP contribution is -2.37. The number of nitrogens with one attached hydrogen (secondary N) is 1. The number of aromatic nitrogens is 2. The number of ether oxygens (including phenoxy) is 1. The van der Waals surface area contributed by atoms with Crippen LogP contribution < -0.4 is 4.74 Å². The minimum absolute atomic E-state index is 0.116. The van der Waals surface area contributed by atoms with Gasteiger partial charge >= 0.3 is 24.3 Å². The first-order chi connectivity index (χ1) is 19.9. The lowest BCUT2D eigenvalue weighted by atomic mass is 10.0. The summed E-state index contributed by atoms with van der Waals surface area (Å²) < 4.78 is 68.8. The number of hydrogen-bond donors (Lipinski definition) is 3. The predicted molar refractivity (Wildman–Crippen MR) is 142 cm³/mol. The summed E-state index contributed by atoms with van der Waals surface area (Å²) in [7, 11) is 5.69. The molecular weight excluding hydrogens is 590 g/mol. The molecule has 0 fully saturated rings. The molecule has 1 amide bonds. The van der Waals surface area contributed by atoms with E-state index >= 15 is 0 Å². The molecule has 0 saturated carbocycles. The number of hydrogen-bond acceptors (Lipinski definition) is 6. The first kappa shape index (κ1) is 36.4. The number of aliphatic carboxylic acids is 2. The number of nitrogens with zero attached hydrogens (tertiary/aromatic N) is 3. The Labute approximate surface area is 242 Å². The van der Waals surface area contributed by atoms with E-state index in [1.807, 2.05) is 73.7 Å². The summed E-state index contributed by atoms with van der Waals surface area (Å²) in [5.41, 5.74) is 4.18. The number of carbonyl (C=O) groups excluding carboxylic acids is 1. The van der Waals surface area contributed by atoms with Crippen LogP contribution in [0.4, 0.5) is 26.3 Å². The lowest BCUT2D eigenvalue weighted by molar-refractivity contribution is -0.193. The molecule has 0 atom stereocenters. The number of rotatable bonds is 9. The molecule has 0 spiro atoms. The summed E-state index contributed by atoms with van der Waals surface area (Å²) >= 11 is 0. The molecule has 236 valence electrons. The van der Waals surface area contributed by atoms with Crippen molar-refractivity contribution in [2.75, 3.05) is 34.3 Å². The molecule has 1 aromatic heterocycles. The third kappa shape index (κ3) is 14.2. The summed E-state index contributed by atoms with van der Waals surface area (Å²) in [6.07, 6.45) is -6.14. The van der Waals surface area contributed by atoms with Gasteiger partial charge in [-0.1, -0.05) is 36.4 Å². The highest BCUT2D eigenvalue weighted by Crippen LogP contribution is 2.19. The predicted octanol–water partition coefficient (Wildman–Crippen LogP) is 4.48. The standard InChI is InChI=1S/C23H28N4O2.2C2HF3O2/c1-26(2)11-12-27(17-19-5-4-6-22(13-19)29-3)23(28)14-18-7-9-20(10-8-18)21-15-24-25-16-21;2*3-2(4,5)1(6)7/h4-10,13,15-16H,11-12,14,17H2,1-3H3,(H,24,25);2*(H,6,7). The van der Waals surface area contributed by atoms with E-state index in [9.17, 15) is 31.1 Å². The van der Waals surface area contributed by atoms with Crippen LogP contribution in [0.3, 0.4) is 0 Å². The van der Waals surface area contributed by atoms with E-state index in [1.54, 1.807) is 13.3 Å². The van der Waals surface area contributed by atoms with E-state index in [2.05, 4.69) is 15.1 Å². The number of aromatic amines is 1. The molecule has 0 bridgehead atoms. The number of methoxy groups -OCH3 is 1. The number of carboxylic acid groups (broad SMARTS) is 2. The summed E-state index contributed by atoms with van der Waals surface area (Å²) in [6, 6.07) is 16.0. The molecular formula is C27H30F6N4O6. The van der Waals surface area contributed by atoms with E-state index in [4.69, 9.17) is 24.5 Å². The van der Waals surface area contributed by atoms with Crippen molar-refractivity contribution in [3.63, 3.8) is 0 Å². The van der Waals surface area contributed by atoms with Gasteiger partial charge in [0.1, 0.15) is 5.75 Å². The number of H-pyrrole nitrogens is 1. The van der Waals surface area contributed by atoms with Crippen LogP contribution in [0.15, 0.2) is 60.9 Å².